The Morgan fingerprint density at radius 2 is 1.61 bits per heavy atom. The summed E-state index contributed by atoms with van der Waals surface area (Å²) in [5.41, 5.74) is 6.73. The van der Waals surface area contributed by atoms with E-state index in [9.17, 15) is 13.2 Å². The van der Waals surface area contributed by atoms with E-state index in [1.54, 1.807) is 6.92 Å². The molecule has 2 rings (SSSR count). The largest absolute Gasteiger partial charge is 0.320 e. The van der Waals surface area contributed by atoms with Gasteiger partial charge in [0.25, 0.3) is 0 Å². The number of rotatable bonds is 2. The van der Waals surface area contributed by atoms with Crippen molar-refractivity contribution in [1.82, 2.24) is 0 Å². The SMILES string of the molecule is Cc1cc(F)ccc1C(N)c1c(F)cccc1F. The molecule has 2 N–H and O–H groups in total. The molecule has 2 aromatic rings. The van der Waals surface area contributed by atoms with Gasteiger partial charge >= 0.3 is 0 Å². The predicted octanol–water partition coefficient (Wildman–Crippen LogP) is 3.46. The van der Waals surface area contributed by atoms with Gasteiger partial charge < -0.3 is 5.73 Å². The lowest BCUT2D eigenvalue weighted by Crippen LogP contribution is -2.16. The molecule has 0 spiro atoms. The summed E-state index contributed by atoms with van der Waals surface area (Å²) < 4.78 is 40.2. The second kappa shape index (κ2) is 4.82. The first-order valence-corrected chi connectivity index (χ1v) is 5.46. The zero-order valence-electron chi connectivity index (χ0n) is 9.75. The lowest BCUT2D eigenvalue weighted by molar-refractivity contribution is 0.542. The molecule has 0 heterocycles. The fourth-order valence-corrected chi connectivity index (χ4v) is 1.95. The first kappa shape index (κ1) is 12.6. The van der Waals surface area contributed by atoms with Gasteiger partial charge in [-0.05, 0) is 42.3 Å². The molecule has 0 aliphatic heterocycles. The third-order valence-electron chi connectivity index (χ3n) is 2.88. The number of benzene rings is 2. The lowest BCUT2D eigenvalue weighted by atomic mass is 9.95. The van der Waals surface area contributed by atoms with Gasteiger partial charge in [-0.1, -0.05) is 12.1 Å². The Kier molecular flexibility index (Phi) is 3.39. The lowest BCUT2D eigenvalue weighted by Gasteiger charge is -2.16. The fourth-order valence-electron chi connectivity index (χ4n) is 1.95. The Morgan fingerprint density at radius 3 is 2.17 bits per heavy atom. The third-order valence-corrected chi connectivity index (χ3v) is 2.88. The molecule has 0 saturated heterocycles. The van der Waals surface area contributed by atoms with E-state index in [0.29, 0.717) is 11.1 Å². The summed E-state index contributed by atoms with van der Waals surface area (Å²) in [6.45, 7) is 1.65. The van der Waals surface area contributed by atoms with Crippen molar-refractivity contribution < 1.29 is 13.2 Å². The molecule has 94 valence electrons. The molecule has 0 radical (unpaired) electrons. The molecule has 1 unspecified atom stereocenters. The Balaban J connectivity index is 2.51. The van der Waals surface area contributed by atoms with Crippen molar-refractivity contribution >= 4 is 0 Å². The van der Waals surface area contributed by atoms with Crippen LogP contribution in [0.25, 0.3) is 0 Å². The number of hydrogen-bond donors (Lipinski definition) is 1. The summed E-state index contributed by atoms with van der Waals surface area (Å²) in [7, 11) is 0. The van der Waals surface area contributed by atoms with Crippen LogP contribution < -0.4 is 5.73 Å². The molecule has 0 aliphatic rings. The topological polar surface area (TPSA) is 26.0 Å². The van der Waals surface area contributed by atoms with Crippen LogP contribution in [-0.4, -0.2) is 0 Å². The molecule has 2 aromatic carbocycles. The highest BCUT2D eigenvalue weighted by Gasteiger charge is 2.19. The van der Waals surface area contributed by atoms with Gasteiger partial charge in [0.15, 0.2) is 0 Å². The maximum absolute atomic E-state index is 13.6. The van der Waals surface area contributed by atoms with E-state index in [4.69, 9.17) is 5.73 Å². The van der Waals surface area contributed by atoms with Gasteiger partial charge in [-0.15, -0.1) is 0 Å². The first-order chi connectivity index (χ1) is 8.50. The van der Waals surface area contributed by atoms with Crippen molar-refractivity contribution in [3.8, 4) is 0 Å². The van der Waals surface area contributed by atoms with Gasteiger partial charge in [0.05, 0.1) is 6.04 Å². The fraction of sp³-hybridized carbons (Fsp3) is 0.143. The van der Waals surface area contributed by atoms with E-state index in [1.165, 1.54) is 24.3 Å². The van der Waals surface area contributed by atoms with Gasteiger partial charge in [-0.3, -0.25) is 0 Å². The summed E-state index contributed by atoms with van der Waals surface area (Å²) in [6, 6.07) is 6.58. The molecule has 0 aliphatic carbocycles. The van der Waals surface area contributed by atoms with Crippen LogP contribution in [0.1, 0.15) is 22.7 Å². The quantitative estimate of drug-likeness (QED) is 0.869. The van der Waals surface area contributed by atoms with Crippen LogP contribution in [0.15, 0.2) is 36.4 Å². The molecular weight excluding hydrogens is 239 g/mol. The molecular formula is C14H12F3N. The second-order valence-corrected chi connectivity index (χ2v) is 4.11. The average Bonchev–Trinajstić information content (AvgIpc) is 2.28. The normalized spacial score (nSPS) is 12.5. The maximum atomic E-state index is 13.6. The Morgan fingerprint density at radius 1 is 1.00 bits per heavy atom. The smallest absolute Gasteiger partial charge is 0.131 e. The van der Waals surface area contributed by atoms with E-state index in [2.05, 4.69) is 0 Å². The van der Waals surface area contributed by atoms with Crippen LogP contribution in [0.4, 0.5) is 13.2 Å². The number of aryl methyl sites for hydroxylation is 1. The van der Waals surface area contributed by atoms with Crippen molar-refractivity contribution in [3.63, 3.8) is 0 Å². The van der Waals surface area contributed by atoms with Gasteiger partial charge in [0.1, 0.15) is 17.5 Å². The minimum Gasteiger partial charge on any atom is -0.320 e. The zero-order chi connectivity index (χ0) is 13.3. The van der Waals surface area contributed by atoms with Crippen LogP contribution in [0.2, 0.25) is 0 Å². The molecule has 0 saturated carbocycles. The van der Waals surface area contributed by atoms with Crippen LogP contribution >= 0.6 is 0 Å². The van der Waals surface area contributed by atoms with Gasteiger partial charge in [0.2, 0.25) is 0 Å². The Labute approximate surface area is 103 Å². The minimum absolute atomic E-state index is 0.202. The summed E-state index contributed by atoms with van der Waals surface area (Å²) in [5.74, 6) is -1.81. The highest BCUT2D eigenvalue weighted by molar-refractivity contribution is 5.37. The molecule has 0 amide bonds. The van der Waals surface area contributed by atoms with E-state index in [-0.39, 0.29) is 5.56 Å². The minimum atomic E-state index is -0.952. The van der Waals surface area contributed by atoms with Crippen molar-refractivity contribution in [2.24, 2.45) is 5.73 Å². The molecule has 0 fully saturated rings. The summed E-state index contributed by atoms with van der Waals surface area (Å²) >= 11 is 0. The van der Waals surface area contributed by atoms with Crippen LogP contribution in [0.3, 0.4) is 0 Å². The monoisotopic (exact) mass is 251 g/mol. The second-order valence-electron chi connectivity index (χ2n) is 4.11. The third kappa shape index (κ3) is 2.24. The maximum Gasteiger partial charge on any atom is 0.131 e. The van der Waals surface area contributed by atoms with Crippen molar-refractivity contribution in [2.75, 3.05) is 0 Å². The van der Waals surface area contributed by atoms with E-state index in [0.717, 1.165) is 12.1 Å². The van der Waals surface area contributed by atoms with E-state index >= 15 is 0 Å². The molecule has 18 heavy (non-hydrogen) atoms. The first-order valence-electron chi connectivity index (χ1n) is 5.46. The van der Waals surface area contributed by atoms with Crippen molar-refractivity contribution in [1.29, 1.82) is 0 Å². The van der Waals surface area contributed by atoms with Crippen molar-refractivity contribution in [3.05, 3.63) is 70.5 Å². The number of nitrogens with two attached hydrogens (primary N) is 1. The van der Waals surface area contributed by atoms with Crippen LogP contribution in [0, 0.1) is 24.4 Å². The van der Waals surface area contributed by atoms with E-state index < -0.39 is 23.5 Å². The van der Waals surface area contributed by atoms with Gasteiger partial charge in [-0.25, -0.2) is 13.2 Å². The zero-order valence-corrected chi connectivity index (χ0v) is 9.75. The highest BCUT2D eigenvalue weighted by atomic mass is 19.1. The number of halogens is 3. The molecule has 4 heteroatoms. The van der Waals surface area contributed by atoms with Gasteiger partial charge in [-0.2, -0.15) is 0 Å². The average molecular weight is 251 g/mol. The van der Waals surface area contributed by atoms with Crippen LogP contribution in [0.5, 0.6) is 0 Å². The Bertz CT molecular complexity index is 561. The van der Waals surface area contributed by atoms with Crippen molar-refractivity contribution in [2.45, 2.75) is 13.0 Å². The molecule has 1 atom stereocenters. The molecule has 0 aromatic heterocycles. The molecule has 0 bridgehead atoms. The summed E-state index contributed by atoms with van der Waals surface area (Å²) in [6.07, 6.45) is 0. The standard InChI is InChI=1S/C14H12F3N/c1-8-7-9(15)5-6-10(8)14(18)13-11(16)3-2-4-12(13)17/h2-7,14H,18H2,1H3. The van der Waals surface area contributed by atoms with Gasteiger partial charge in [0, 0.05) is 5.56 Å². The number of hydrogen-bond acceptors (Lipinski definition) is 1. The molecule has 1 nitrogen and oxygen atoms in total. The Hall–Kier alpha value is -1.81. The van der Waals surface area contributed by atoms with E-state index in [1.807, 2.05) is 0 Å². The van der Waals surface area contributed by atoms with Crippen LogP contribution in [-0.2, 0) is 0 Å². The predicted molar refractivity (Wildman–Crippen MR) is 63.5 cm³/mol. The summed E-state index contributed by atoms with van der Waals surface area (Å²) in [5, 5.41) is 0. The summed E-state index contributed by atoms with van der Waals surface area (Å²) in [4.78, 5) is 0. The highest BCUT2D eigenvalue weighted by Crippen LogP contribution is 2.27.